The third-order valence-electron chi connectivity index (χ3n) is 6.33. The van der Waals surface area contributed by atoms with Crippen molar-refractivity contribution in [1.82, 2.24) is 14.5 Å². The normalized spacial score (nSPS) is 12.4. The number of ether oxygens (including phenoxy) is 1. The first-order chi connectivity index (χ1) is 18.2. The highest BCUT2D eigenvalue weighted by atomic mass is 32.2. The van der Waals surface area contributed by atoms with Crippen LogP contribution in [0, 0.1) is 12.9 Å². The van der Waals surface area contributed by atoms with Gasteiger partial charge in [0, 0.05) is 18.4 Å². The summed E-state index contributed by atoms with van der Waals surface area (Å²) in [6.45, 7) is 5.49. The second kappa shape index (κ2) is 11.2. The maximum absolute atomic E-state index is 13.9. The summed E-state index contributed by atoms with van der Waals surface area (Å²) in [5.74, 6) is -1.39. The Morgan fingerprint density at radius 3 is 2.37 bits per heavy atom. The summed E-state index contributed by atoms with van der Waals surface area (Å²) in [5.41, 5.74) is 1.35. The van der Waals surface area contributed by atoms with Gasteiger partial charge in [0.2, 0.25) is 21.7 Å². The van der Waals surface area contributed by atoms with Crippen LogP contribution in [-0.2, 0) is 21.2 Å². The molecule has 0 bridgehead atoms. The lowest BCUT2D eigenvalue weighted by molar-refractivity contribution is 0.122. The van der Waals surface area contributed by atoms with Crippen LogP contribution >= 0.6 is 0 Å². The summed E-state index contributed by atoms with van der Waals surface area (Å²) in [5, 5.41) is 10.7. The minimum Gasteiger partial charge on any atom is -0.492 e. The molecule has 1 atom stereocenters. The fourth-order valence-electron chi connectivity index (χ4n) is 4.40. The smallest absolute Gasteiger partial charge is 0.277 e. The monoisotopic (exact) mass is 537 g/mol. The lowest BCUT2D eigenvalue weighted by atomic mass is 10.0. The van der Waals surface area contributed by atoms with E-state index in [9.17, 15) is 22.7 Å². The number of aromatic nitrogens is 3. The van der Waals surface area contributed by atoms with E-state index in [1.165, 1.54) is 35.0 Å². The number of halogens is 1. The first-order valence-corrected chi connectivity index (χ1v) is 13.6. The number of hydrogen-bond donors (Lipinski definition) is 1. The van der Waals surface area contributed by atoms with Crippen molar-refractivity contribution in [3.63, 3.8) is 0 Å². The standard InChI is InChI=1S/C28H28FN3O5S/c1-4-23(20-9-7-6-8-10-20)32-24(17-37-5-2)31-27(33)25(28(32)34)38(35,36)21-13-11-19(12-14-21)22-15-16-30-26(29)18(22)3/h6-16,23,33H,4-5,17H2,1-3H3. The lowest BCUT2D eigenvalue weighted by Gasteiger charge is -2.23. The zero-order valence-electron chi connectivity index (χ0n) is 21.3. The maximum atomic E-state index is 13.9. The van der Waals surface area contributed by atoms with Crippen LogP contribution < -0.4 is 5.56 Å². The van der Waals surface area contributed by atoms with Crippen LogP contribution in [0.15, 0.2) is 81.4 Å². The van der Waals surface area contributed by atoms with Crippen LogP contribution in [0.1, 0.15) is 43.3 Å². The van der Waals surface area contributed by atoms with E-state index < -0.39 is 38.2 Å². The molecule has 0 aliphatic rings. The van der Waals surface area contributed by atoms with E-state index in [2.05, 4.69) is 9.97 Å². The Hall–Kier alpha value is -3.89. The molecular weight excluding hydrogens is 509 g/mol. The van der Waals surface area contributed by atoms with Gasteiger partial charge >= 0.3 is 0 Å². The largest absolute Gasteiger partial charge is 0.492 e. The number of benzene rings is 2. The molecule has 1 unspecified atom stereocenters. The van der Waals surface area contributed by atoms with Crippen molar-refractivity contribution in [3.05, 3.63) is 100 Å². The zero-order chi connectivity index (χ0) is 27.4. The Kier molecular flexibility index (Phi) is 8.03. The molecule has 0 saturated heterocycles. The molecule has 1 N–H and O–H groups in total. The molecule has 38 heavy (non-hydrogen) atoms. The topological polar surface area (TPSA) is 111 Å². The van der Waals surface area contributed by atoms with Crippen molar-refractivity contribution < 1.29 is 22.7 Å². The molecule has 198 valence electrons. The van der Waals surface area contributed by atoms with Crippen molar-refractivity contribution in [1.29, 1.82) is 0 Å². The molecule has 2 heterocycles. The summed E-state index contributed by atoms with van der Waals surface area (Å²) in [6.07, 6.45) is 1.79. The van der Waals surface area contributed by atoms with Gasteiger partial charge in [0.15, 0.2) is 4.90 Å². The van der Waals surface area contributed by atoms with E-state index in [-0.39, 0.29) is 17.3 Å². The van der Waals surface area contributed by atoms with Crippen LogP contribution in [0.25, 0.3) is 11.1 Å². The lowest BCUT2D eigenvalue weighted by Crippen LogP contribution is -2.33. The number of rotatable bonds is 9. The summed E-state index contributed by atoms with van der Waals surface area (Å²) < 4.78 is 48.0. The average molecular weight is 538 g/mol. The van der Waals surface area contributed by atoms with Crippen molar-refractivity contribution in [2.75, 3.05) is 6.61 Å². The van der Waals surface area contributed by atoms with Crippen LogP contribution in [0.5, 0.6) is 5.88 Å². The number of hydrogen-bond acceptors (Lipinski definition) is 7. The van der Waals surface area contributed by atoms with Gasteiger partial charge in [0.1, 0.15) is 12.4 Å². The van der Waals surface area contributed by atoms with Crippen LogP contribution in [0.2, 0.25) is 0 Å². The van der Waals surface area contributed by atoms with Gasteiger partial charge in [0.25, 0.3) is 5.56 Å². The Morgan fingerprint density at radius 2 is 1.74 bits per heavy atom. The molecular formula is C28H28FN3O5S. The van der Waals surface area contributed by atoms with E-state index in [0.717, 1.165) is 5.56 Å². The molecule has 0 spiro atoms. The third kappa shape index (κ3) is 5.09. The minimum absolute atomic E-state index is 0.0838. The molecule has 0 saturated carbocycles. The second-order valence-corrected chi connectivity index (χ2v) is 10.5. The van der Waals surface area contributed by atoms with Gasteiger partial charge in [-0.3, -0.25) is 9.36 Å². The second-order valence-electron chi connectivity index (χ2n) is 8.63. The molecule has 0 aliphatic heterocycles. The predicted octanol–water partition coefficient (Wildman–Crippen LogP) is 4.83. The Morgan fingerprint density at radius 1 is 1.05 bits per heavy atom. The van der Waals surface area contributed by atoms with Crippen molar-refractivity contribution in [2.24, 2.45) is 0 Å². The highest BCUT2D eigenvalue weighted by Crippen LogP contribution is 2.30. The number of nitrogens with zero attached hydrogens (tertiary/aromatic N) is 3. The predicted molar refractivity (Wildman–Crippen MR) is 140 cm³/mol. The number of pyridine rings is 1. The average Bonchev–Trinajstić information content (AvgIpc) is 2.91. The van der Waals surface area contributed by atoms with Gasteiger partial charge in [-0.1, -0.05) is 49.4 Å². The first kappa shape index (κ1) is 27.2. The van der Waals surface area contributed by atoms with Crippen molar-refractivity contribution in [3.8, 4) is 17.0 Å². The van der Waals surface area contributed by atoms with E-state index in [0.29, 0.717) is 29.7 Å². The molecule has 4 rings (SSSR count). The molecule has 4 aromatic rings. The molecule has 2 aromatic carbocycles. The first-order valence-electron chi connectivity index (χ1n) is 12.1. The van der Waals surface area contributed by atoms with Gasteiger partial charge in [0.05, 0.1) is 10.9 Å². The van der Waals surface area contributed by atoms with E-state index in [4.69, 9.17) is 4.74 Å². The van der Waals surface area contributed by atoms with E-state index >= 15 is 0 Å². The van der Waals surface area contributed by atoms with E-state index in [1.54, 1.807) is 19.9 Å². The maximum Gasteiger partial charge on any atom is 0.277 e. The summed E-state index contributed by atoms with van der Waals surface area (Å²) in [7, 11) is -4.47. The van der Waals surface area contributed by atoms with Gasteiger partial charge in [-0.2, -0.15) is 9.37 Å². The quantitative estimate of drug-likeness (QED) is 0.305. The van der Waals surface area contributed by atoms with Crippen molar-refractivity contribution in [2.45, 2.75) is 49.6 Å². The molecule has 0 radical (unpaired) electrons. The highest BCUT2D eigenvalue weighted by Gasteiger charge is 2.31. The third-order valence-corrected chi connectivity index (χ3v) is 8.12. The van der Waals surface area contributed by atoms with Crippen LogP contribution in [-0.4, -0.2) is 34.7 Å². The molecule has 8 nitrogen and oxygen atoms in total. The molecule has 2 aromatic heterocycles. The Labute approximate surface area is 220 Å². The van der Waals surface area contributed by atoms with Gasteiger partial charge in [-0.15, -0.1) is 0 Å². The molecule has 0 fully saturated rings. The summed E-state index contributed by atoms with van der Waals surface area (Å²) in [4.78, 5) is 20.5. The van der Waals surface area contributed by atoms with Gasteiger partial charge < -0.3 is 9.84 Å². The molecule has 10 heteroatoms. The Bertz CT molecular complexity index is 1600. The highest BCUT2D eigenvalue weighted by molar-refractivity contribution is 7.91. The number of sulfone groups is 1. The molecule has 0 amide bonds. The van der Waals surface area contributed by atoms with E-state index in [1.807, 2.05) is 37.3 Å². The van der Waals surface area contributed by atoms with Gasteiger partial charge in [-0.25, -0.2) is 13.4 Å². The zero-order valence-corrected chi connectivity index (χ0v) is 22.1. The van der Waals surface area contributed by atoms with Crippen molar-refractivity contribution >= 4 is 9.84 Å². The van der Waals surface area contributed by atoms with Crippen LogP contribution in [0.4, 0.5) is 4.39 Å². The van der Waals surface area contributed by atoms with Gasteiger partial charge in [-0.05, 0) is 55.2 Å². The fraction of sp³-hybridized carbons (Fsp3) is 0.250. The summed E-state index contributed by atoms with van der Waals surface area (Å²) in [6, 6.07) is 15.9. The summed E-state index contributed by atoms with van der Waals surface area (Å²) >= 11 is 0. The Balaban J connectivity index is 1.86. The fourth-order valence-corrected chi connectivity index (χ4v) is 5.74. The molecule has 0 aliphatic carbocycles. The number of aromatic hydroxyl groups is 1. The van der Waals surface area contributed by atoms with Crippen LogP contribution in [0.3, 0.4) is 0 Å². The SMILES string of the molecule is CCOCc1nc(O)c(S(=O)(=O)c2ccc(-c3ccnc(F)c3C)cc2)c(=O)n1C(CC)c1ccccc1. The minimum atomic E-state index is -4.47.